The van der Waals surface area contributed by atoms with E-state index in [1.165, 1.54) is 6.20 Å². The van der Waals surface area contributed by atoms with Crippen molar-refractivity contribution >= 4 is 23.1 Å². The number of nitrogens with zero attached hydrogens (tertiary/aromatic N) is 3. The maximum atomic E-state index is 13.0. The fourth-order valence-corrected chi connectivity index (χ4v) is 3.08. The number of carbonyl (C=O) groups is 1. The van der Waals surface area contributed by atoms with Crippen LogP contribution in [0.2, 0.25) is 0 Å². The minimum absolute atomic E-state index is 0.0229. The standard InChI is InChI=1S/C22H24N6O4/c23-21-20-22(29)28-19-13-24-5-4-17(19)25-6-7-30-8-9-31-10-11-32-16-3-1-2-15(12-16)18(27-20)14-26-21/h1-5,12-14,25H,6-11H2,(H2,23,26)(H,28,29). The Labute approximate surface area is 185 Å². The maximum absolute atomic E-state index is 13.0. The second-order valence-electron chi connectivity index (χ2n) is 6.89. The monoisotopic (exact) mass is 436 g/mol. The molecule has 32 heavy (non-hydrogen) atoms. The third-order valence-electron chi connectivity index (χ3n) is 4.65. The van der Waals surface area contributed by atoms with Gasteiger partial charge in [-0.3, -0.25) is 9.78 Å². The fraction of sp³-hybridized carbons (Fsp3) is 0.273. The van der Waals surface area contributed by atoms with Crippen LogP contribution in [0.15, 0.2) is 48.9 Å². The van der Waals surface area contributed by atoms with Crippen LogP contribution in [0.5, 0.6) is 5.75 Å². The summed E-state index contributed by atoms with van der Waals surface area (Å²) in [7, 11) is 0. The van der Waals surface area contributed by atoms with E-state index in [9.17, 15) is 4.79 Å². The van der Waals surface area contributed by atoms with E-state index in [0.717, 1.165) is 5.56 Å². The number of ether oxygens (including phenoxy) is 3. The first-order valence-electron chi connectivity index (χ1n) is 10.2. The van der Waals surface area contributed by atoms with E-state index >= 15 is 0 Å². The lowest BCUT2D eigenvalue weighted by Crippen LogP contribution is -2.19. The predicted molar refractivity (Wildman–Crippen MR) is 120 cm³/mol. The normalized spacial score (nSPS) is 15.4. The van der Waals surface area contributed by atoms with Crippen LogP contribution in [-0.2, 0) is 9.47 Å². The SMILES string of the molecule is Nc1ncc2nc1C(=O)Nc1cnccc1NCCOCCOCCOc1cccc-2c1. The lowest BCUT2D eigenvalue weighted by atomic mass is 10.1. The van der Waals surface area contributed by atoms with E-state index in [1.54, 1.807) is 18.5 Å². The van der Waals surface area contributed by atoms with Gasteiger partial charge in [-0.15, -0.1) is 0 Å². The third-order valence-corrected chi connectivity index (χ3v) is 4.65. The molecule has 0 unspecified atom stereocenters. The molecule has 0 saturated carbocycles. The summed E-state index contributed by atoms with van der Waals surface area (Å²) in [5, 5.41) is 6.03. The second kappa shape index (κ2) is 10.5. The van der Waals surface area contributed by atoms with E-state index in [2.05, 4.69) is 25.6 Å². The van der Waals surface area contributed by atoms with Crippen LogP contribution < -0.4 is 21.1 Å². The molecule has 1 aliphatic heterocycles. The molecule has 1 aromatic carbocycles. The minimum Gasteiger partial charge on any atom is -0.491 e. The summed E-state index contributed by atoms with van der Waals surface area (Å²) in [6.45, 7) is 2.81. The van der Waals surface area contributed by atoms with Gasteiger partial charge in [-0.2, -0.15) is 0 Å². The predicted octanol–water partition coefficient (Wildman–Crippen LogP) is 2.21. The van der Waals surface area contributed by atoms with Gasteiger partial charge in [0.1, 0.15) is 12.4 Å². The lowest BCUT2D eigenvalue weighted by molar-refractivity contribution is 0.0395. The molecule has 4 bridgehead atoms. The van der Waals surface area contributed by atoms with Crippen LogP contribution in [0.3, 0.4) is 0 Å². The second-order valence-corrected chi connectivity index (χ2v) is 6.89. The molecule has 1 aliphatic rings. The number of nitrogen functional groups attached to an aromatic ring is 1. The van der Waals surface area contributed by atoms with Crippen molar-refractivity contribution in [3.05, 3.63) is 54.6 Å². The first kappa shape index (κ1) is 21.5. The Balaban J connectivity index is 1.63. The highest BCUT2D eigenvalue weighted by molar-refractivity contribution is 6.07. The molecule has 4 N–H and O–H groups in total. The Morgan fingerprint density at radius 3 is 2.72 bits per heavy atom. The van der Waals surface area contributed by atoms with E-state index in [1.807, 2.05) is 24.3 Å². The summed E-state index contributed by atoms with van der Waals surface area (Å²) in [6.07, 6.45) is 4.71. The average molecular weight is 436 g/mol. The highest BCUT2D eigenvalue weighted by Crippen LogP contribution is 2.25. The van der Waals surface area contributed by atoms with E-state index in [4.69, 9.17) is 19.9 Å². The van der Waals surface area contributed by atoms with Crippen molar-refractivity contribution < 1.29 is 19.0 Å². The van der Waals surface area contributed by atoms with Crippen LogP contribution in [0.25, 0.3) is 11.3 Å². The average Bonchev–Trinajstić information content (AvgIpc) is 2.81. The Hall–Kier alpha value is -3.76. The number of hydrogen-bond acceptors (Lipinski definition) is 9. The molecule has 0 fully saturated rings. The number of fused-ring (bicyclic) bond motifs is 6. The fourth-order valence-electron chi connectivity index (χ4n) is 3.08. The zero-order valence-corrected chi connectivity index (χ0v) is 17.4. The molecule has 1 amide bonds. The summed E-state index contributed by atoms with van der Waals surface area (Å²) in [5.41, 5.74) is 8.43. The zero-order valence-electron chi connectivity index (χ0n) is 17.4. The van der Waals surface area contributed by atoms with Crippen LogP contribution >= 0.6 is 0 Å². The number of amides is 1. The number of hydrogen-bond donors (Lipinski definition) is 3. The van der Waals surface area contributed by atoms with Gasteiger partial charge < -0.3 is 30.6 Å². The first-order chi connectivity index (χ1) is 15.7. The lowest BCUT2D eigenvalue weighted by Gasteiger charge is -2.14. The molecule has 10 heteroatoms. The summed E-state index contributed by atoms with van der Waals surface area (Å²) in [5.74, 6) is 0.209. The van der Waals surface area contributed by atoms with Gasteiger partial charge >= 0.3 is 0 Å². The number of aromatic nitrogens is 3. The quantitative estimate of drug-likeness (QED) is 0.485. The minimum atomic E-state index is -0.483. The van der Waals surface area contributed by atoms with Crippen molar-refractivity contribution in [2.45, 2.75) is 0 Å². The molecule has 166 valence electrons. The van der Waals surface area contributed by atoms with Crippen molar-refractivity contribution in [2.75, 3.05) is 55.9 Å². The van der Waals surface area contributed by atoms with Crippen molar-refractivity contribution in [3.8, 4) is 17.0 Å². The third kappa shape index (κ3) is 5.48. The van der Waals surface area contributed by atoms with Crippen LogP contribution in [0.1, 0.15) is 10.5 Å². The van der Waals surface area contributed by atoms with Gasteiger partial charge in [0.25, 0.3) is 5.91 Å². The number of rotatable bonds is 0. The number of nitrogens with one attached hydrogen (secondary N) is 2. The number of anilines is 3. The molecule has 10 nitrogen and oxygen atoms in total. The van der Waals surface area contributed by atoms with Gasteiger partial charge in [-0.1, -0.05) is 12.1 Å². The Bertz CT molecular complexity index is 1080. The molecule has 2 aromatic heterocycles. The number of nitrogens with two attached hydrogens (primary N) is 1. The van der Waals surface area contributed by atoms with Gasteiger partial charge in [0.2, 0.25) is 0 Å². The molecule has 0 aliphatic carbocycles. The molecule has 0 atom stereocenters. The largest absolute Gasteiger partial charge is 0.491 e. The van der Waals surface area contributed by atoms with Crippen molar-refractivity contribution in [1.29, 1.82) is 0 Å². The van der Waals surface area contributed by atoms with Crippen LogP contribution in [0.4, 0.5) is 17.2 Å². The number of benzene rings is 1. The maximum Gasteiger partial charge on any atom is 0.278 e. The van der Waals surface area contributed by atoms with Gasteiger partial charge in [0.15, 0.2) is 11.5 Å². The molecule has 0 saturated heterocycles. The summed E-state index contributed by atoms with van der Waals surface area (Å²) in [6, 6.07) is 9.14. The highest BCUT2D eigenvalue weighted by Gasteiger charge is 2.17. The molecule has 0 spiro atoms. The smallest absolute Gasteiger partial charge is 0.278 e. The van der Waals surface area contributed by atoms with Crippen molar-refractivity contribution in [2.24, 2.45) is 0 Å². The molecule has 4 rings (SSSR count). The summed E-state index contributed by atoms with van der Waals surface area (Å²) in [4.78, 5) is 25.7. The molecular weight excluding hydrogens is 412 g/mol. The van der Waals surface area contributed by atoms with Crippen LogP contribution in [-0.4, -0.2) is 60.4 Å². The van der Waals surface area contributed by atoms with Crippen molar-refractivity contribution in [3.63, 3.8) is 0 Å². The Kier molecular flexibility index (Phi) is 7.05. The first-order valence-corrected chi connectivity index (χ1v) is 10.2. The number of carbonyl (C=O) groups excluding carboxylic acids is 1. The molecule has 3 aromatic rings. The van der Waals surface area contributed by atoms with Crippen LogP contribution in [0, 0.1) is 0 Å². The Morgan fingerprint density at radius 2 is 1.81 bits per heavy atom. The summed E-state index contributed by atoms with van der Waals surface area (Å²) < 4.78 is 16.9. The zero-order chi connectivity index (χ0) is 22.2. The van der Waals surface area contributed by atoms with E-state index in [-0.39, 0.29) is 11.5 Å². The Morgan fingerprint density at radius 1 is 0.969 bits per heavy atom. The molecular formula is C22H24N6O4. The van der Waals surface area contributed by atoms with Gasteiger partial charge in [0, 0.05) is 18.3 Å². The van der Waals surface area contributed by atoms with E-state index < -0.39 is 5.91 Å². The number of pyridine rings is 1. The summed E-state index contributed by atoms with van der Waals surface area (Å²) >= 11 is 0. The van der Waals surface area contributed by atoms with Gasteiger partial charge in [0.05, 0.1) is 55.9 Å². The highest BCUT2D eigenvalue weighted by atomic mass is 16.5. The van der Waals surface area contributed by atoms with Crippen molar-refractivity contribution in [1.82, 2.24) is 15.0 Å². The van der Waals surface area contributed by atoms with Gasteiger partial charge in [-0.25, -0.2) is 9.97 Å². The molecule has 3 heterocycles. The molecule has 0 radical (unpaired) electrons. The topological polar surface area (TPSA) is 134 Å². The van der Waals surface area contributed by atoms with E-state index in [0.29, 0.717) is 62.4 Å². The van der Waals surface area contributed by atoms with Gasteiger partial charge in [-0.05, 0) is 18.2 Å².